The van der Waals surface area contributed by atoms with Crippen LogP contribution in [0.5, 0.6) is 0 Å². The highest BCUT2D eigenvalue weighted by Gasteiger charge is 2.42. The van der Waals surface area contributed by atoms with Crippen LogP contribution in [0.25, 0.3) is 0 Å². The molecule has 0 aromatic carbocycles. The van der Waals surface area contributed by atoms with Crippen LogP contribution in [0.4, 0.5) is 4.79 Å². The molecule has 8 heteroatoms. The maximum atomic E-state index is 12.1. The number of aliphatic hydroxyl groups excluding tert-OH is 3. The second kappa shape index (κ2) is 7.99. The van der Waals surface area contributed by atoms with E-state index in [-0.39, 0.29) is 18.4 Å². The molecular weight excluding hydrogens is 288 g/mol. The molecule has 1 heterocycles. The Morgan fingerprint density at radius 2 is 2.05 bits per heavy atom. The van der Waals surface area contributed by atoms with Gasteiger partial charge in [-0.05, 0) is 5.92 Å². The molecule has 0 spiro atoms. The number of ether oxygens (including phenoxy) is 1. The van der Waals surface area contributed by atoms with Gasteiger partial charge in [0.05, 0.1) is 6.61 Å². The molecule has 1 unspecified atom stereocenters. The van der Waals surface area contributed by atoms with E-state index in [0.717, 1.165) is 0 Å². The second-order valence-electron chi connectivity index (χ2n) is 5.24. The summed E-state index contributed by atoms with van der Waals surface area (Å²) in [6, 6.07) is -0.424. The van der Waals surface area contributed by atoms with Crippen LogP contribution in [-0.4, -0.2) is 76.4 Å². The quantitative estimate of drug-likeness (QED) is 0.505. The highest BCUT2D eigenvalue weighted by Crippen LogP contribution is 2.20. The van der Waals surface area contributed by atoms with Gasteiger partial charge >= 0.3 is 6.03 Å². The van der Waals surface area contributed by atoms with Crippen molar-refractivity contribution in [1.82, 2.24) is 10.2 Å². The van der Waals surface area contributed by atoms with E-state index in [2.05, 4.69) is 5.32 Å². The number of aliphatic hydroxyl groups is 3. The Balaban J connectivity index is 2.78. The zero-order valence-corrected chi connectivity index (χ0v) is 12.5. The highest BCUT2D eigenvalue weighted by atomic mass is 35.5. The number of halogens is 1. The normalized spacial score (nSPS) is 30.4. The van der Waals surface area contributed by atoms with Crippen molar-refractivity contribution in [3.8, 4) is 0 Å². The molecule has 0 saturated carbocycles. The summed E-state index contributed by atoms with van der Waals surface area (Å²) in [5.74, 6) is 0.424. The molecule has 4 atom stereocenters. The average molecular weight is 311 g/mol. The third-order valence-corrected chi connectivity index (χ3v) is 3.16. The lowest BCUT2D eigenvalue weighted by atomic mass is 10.0. The fourth-order valence-corrected chi connectivity index (χ4v) is 2.11. The zero-order chi connectivity index (χ0) is 15.3. The van der Waals surface area contributed by atoms with Crippen LogP contribution in [-0.2, 0) is 4.74 Å². The van der Waals surface area contributed by atoms with Crippen LogP contribution in [0, 0.1) is 5.92 Å². The van der Waals surface area contributed by atoms with Crippen molar-refractivity contribution in [2.75, 3.05) is 25.6 Å². The smallest absolute Gasteiger partial charge is 0.319 e. The summed E-state index contributed by atoms with van der Waals surface area (Å²) in [4.78, 5) is 13.4. The maximum Gasteiger partial charge on any atom is 0.319 e. The van der Waals surface area contributed by atoms with E-state index < -0.39 is 30.6 Å². The van der Waals surface area contributed by atoms with E-state index in [1.54, 1.807) is 0 Å². The monoisotopic (exact) mass is 310 g/mol. The van der Waals surface area contributed by atoms with Gasteiger partial charge in [0.1, 0.15) is 18.3 Å². The van der Waals surface area contributed by atoms with Crippen LogP contribution in [0.2, 0.25) is 0 Å². The molecule has 1 rings (SSSR count). The van der Waals surface area contributed by atoms with E-state index in [1.807, 2.05) is 13.8 Å². The molecule has 20 heavy (non-hydrogen) atoms. The van der Waals surface area contributed by atoms with Crippen LogP contribution >= 0.6 is 11.6 Å². The minimum atomic E-state index is -1.36. The van der Waals surface area contributed by atoms with Gasteiger partial charge in [-0.2, -0.15) is 0 Å². The molecule has 0 aromatic heterocycles. The van der Waals surface area contributed by atoms with Crippen LogP contribution < -0.4 is 5.32 Å². The number of amides is 2. The van der Waals surface area contributed by atoms with Gasteiger partial charge in [0.25, 0.3) is 0 Å². The summed E-state index contributed by atoms with van der Waals surface area (Å²) in [5, 5.41) is 31.7. The lowest BCUT2D eigenvalue weighted by Gasteiger charge is -2.41. The third kappa shape index (κ3) is 4.46. The summed E-state index contributed by atoms with van der Waals surface area (Å²) in [6.45, 7) is 4.34. The van der Waals surface area contributed by atoms with Gasteiger partial charge in [0.15, 0.2) is 6.23 Å². The number of carbonyl (C=O) groups is 1. The maximum absolute atomic E-state index is 12.1. The molecule has 4 N–H and O–H groups in total. The highest BCUT2D eigenvalue weighted by molar-refractivity contribution is 6.18. The van der Waals surface area contributed by atoms with Crippen LogP contribution in [0.3, 0.4) is 0 Å². The minimum absolute atomic E-state index is 0.139. The molecule has 2 amide bonds. The number of carbonyl (C=O) groups excluding carboxylic acids is 1. The summed E-state index contributed by atoms with van der Waals surface area (Å²) in [5.41, 5.74) is 0. The molecule has 118 valence electrons. The van der Waals surface area contributed by atoms with Crippen LogP contribution in [0.15, 0.2) is 0 Å². The first kappa shape index (κ1) is 17.5. The Morgan fingerprint density at radius 1 is 1.40 bits per heavy atom. The second-order valence-corrected chi connectivity index (χ2v) is 5.62. The minimum Gasteiger partial charge on any atom is -0.388 e. The van der Waals surface area contributed by atoms with Gasteiger partial charge in [0.2, 0.25) is 0 Å². The SMILES string of the molecule is CC(C)CN(C(=O)NCCCl)C1OC[C@H](O)[C@H](O)[C@H]1O. The molecule has 1 fully saturated rings. The van der Waals surface area contributed by atoms with Gasteiger partial charge in [-0.1, -0.05) is 13.8 Å². The lowest BCUT2D eigenvalue weighted by molar-refractivity contribution is -0.220. The van der Waals surface area contributed by atoms with Gasteiger partial charge < -0.3 is 25.4 Å². The summed E-state index contributed by atoms with van der Waals surface area (Å²) < 4.78 is 5.31. The predicted molar refractivity (Wildman–Crippen MR) is 73.4 cm³/mol. The molecule has 0 aromatic rings. The number of nitrogens with zero attached hydrogens (tertiary/aromatic N) is 1. The number of rotatable bonds is 5. The van der Waals surface area contributed by atoms with Gasteiger partial charge in [-0.3, -0.25) is 4.90 Å². The first-order valence-electron chi connectivity index (χ1n) is 6.64. The van der Waals surface area contributed by atoms with Crippen molar-refractivity contribution >= 4 is 17.6 Å². The zero-order valence-electron chi connectivity index (χ0n) is 11.7. The van der Waals surface area contributed by atoms with E-state index in [4.69, 9.17) is 16.3 Å². The van der Waals surface area contributed by atoms with Crippen molar-refractivity contribution < 1.29 is 24.9 Å². The van der Waals surface area contributed by atoms with Gasteiger partial charge in [-0.15, -0.1) is 11.6 Å². The Hall–Kier alpha value is -0.600. The van der Waals surface area contributed by atoms with Crippen molar-refractivity contribution in [3.63, 3.8) is 0 Å². The Morgan fingerprint density at radius 3 is 2.60 bits per heavy atom. The third-order valence-electron chi connectivity index (χ3n) is 2.97. The number of urea groups is 1. The summed E-state index contributed by atoms with van der Waals surface area (Å²) in [6.07, 6.45) is -4.86. The van der Waals surface area contributed by atoms with E-state index in [0.29, 0.717) is 13.1 Å². The molecule has 1 aliphatic heterocycles. The lowest BCUT2D eigenvalue weighted by Crippen LogP contribution is -2.62. The molecule has 0 radical (unpaired) electrons. The number of alkyl halides is 1. The molecule has 1 aliphatic rings. The standard InChI is InChI=1S/C12H23ClN2O5/c1-7(2)5-15(12(19)14-4-3-13)11-10(18)9(17)8(16)6-20-11/h7-11,16-18H,3-6H2,1-2H3,(H,14,19)/t8-,9-,10+,11?/m0/s1. The first-order chi connectivity index (χ1) is 9.38. The van der Waals surface area contributed by atoms with Crippen molar-refractivity contribution in [3.05, 3.63) is 0 Å². The van der Waals surface area contributed by atoms with E-state index in [9.17, 15) is 20.1 Å². The summed E-state index contributed by atoms with van der Waals surface area (Å²) in [7, 11) is 0. The molecule has 0 bridgehead atoms. The van der Waals surface area contributed by atoms with Gasteiger partial charge in [-0.25, -0.2) is 4.79 Å². The predicted octanol–water partition coefficient (Wildman–Crippen LogP) is -0.668. The van der Waals surface area contributed by atoms with E-state index in [1.165, 1.54) is 4.90 Å². The topological polar surface area (TPSA) is 102 Å². The number of hydrogen-bond acceptors (Lipinski definition) is 5. The van der Waals surface area contributed by atoms with Crippen LogP contribution in [0.1, 0.15) is 13.8 Å². The average Bonchev–Trinajstić information content (AvgIpc) is 2.40. The van der Waals surface area contributed by atoms with Crippen molar-refractivity contribution in [1.29, 1.82) is 0 Å². The van der Waals surface area contributed by atoms with E-state index >= 15 is 0 Å². The molecule has 1 saturated heterocycles. The Kier molecular flexibility index (Phi) is 6.97. The fraction of sp³-hybridized carbons (Fsp3) is 0.917. The van der Waals surface area contributed by atoms with Crippen molar-refractivity contribution in [2.24, 2.45) is 5.92 Å². The Bertz CT molecular complexity index is 318. The summed E-state index contributed by atoms with van der Waals surface area (Å²) >= 11 is 5.53. The van der Waals surface area contributed by atoms with Crippen molar-refractivity contribution in [2.45, 2.75) is 38.4 Å². The molecule has 7 nitrogen and oxygen atoms in total. The number of nitrogens with one attached hydrogen (secondary N) is 1. The first-order valence-corrected chi connectivity index (χ1v) is 7.18. The fourth-order valence-electron chi connectivity index (χ4n) is 2.02. The molecular formula is C12H23ClN2O5. The molecule has 0 aliphatic carbocycles. The number of hydrogen-bond donors (Lipinski definition) is 4. The largest absolute Gasteiger partial charge is 0.388 e. The Labute approximate surface area is 123 Å². The van der Waals surface area contributed by atoms with Gasteiger partial charge in [0, 0.05) is 19.0 Å².